The second kappa shape index (κ2) is 5.69. The van der Waals surface area contributed by atoms with E-state index < -0.39 is 0 Å². The minimum Gasteiger partial charge on any atom is -0.467 e. The van der Waals surface area contributed by atoms with E-state index in [0.717, 1.165) is 10.8 Å². The number of aromatic nitrogens is 2. The number of nitrogens with two attached hydrogens (primary N) is 1. The molecule has 110 valence electrons. The zero-order valence-electron chi connectivity index (χ0n) is 11.9. The predicted octanol–water partition coefficient (Wildman–Crippen LogP) is 2.47. The van der Waals surface area contributed by atoms with Crippen LogP contribution in [0, 0.1) is 0 Å². The standard InChI is InChI=1S/C16H14N4O2/c1-22-16-18-9-13(14(17)20-16)19-15(21)12-7-6-10-4-2-3-5-11(10)8-12/h2-9H,1H3,(H,19,21)(H2,17,18,20). The molecule has 0 aliphatic carbocycles. The quantitative estimate of drug-likeness (QED) is 0.774. The van der Waals surface area contributed by atoms with Crippen molar-refractivity contribution in [3.63, 3.8) is 0 Å². The van der Waals surface area contributed by atoms with Gasteiger partial charge in [-0.15, -0.1) is 0 Å². The van der Waals surface area contributed by atoms with Crippen molar-refractivity contribution >= 4 is 28.2 Å². The molecule has 6 nitrogen and oxygen atoms in total. The fraction of sp³-hybridized carbons (Fsp3) is 0.0625. The SMILES string of the molecule is COc1ncc(NC(=O)c2ccc3ccccc3c2)c(N)n1. The Morgan fingerprint density at radius 1 is 1.18 bits per heavy atom. The van der Waals surface area contributed by atoms with Gasteiger partial charge >= 0.3 is 6.01 Å². The van der Waals surface area contributed by atoms with E-state index in [0.29, 0.717) is 11.3 Å². The van der Waals surface area contributed by atoms with Crippen molar-refractivity contribution in [3.05, 3.63) is 54.2 Å². The lowest BCUT2D eigenvalue weighted by Crippen LogP contribution is -2.14. The summed E-state index contributed by atoms with van der Waals surface area (Å²) in [4.78, 5) is 20.2. The number of fused-ring (bicyclic) bond motifs is 1. The highest BCUT2D eigenvalue weighted by Gasteiger charge is 2.11. The monoisotopic (exact) mass is 294 g/mol. The van der Waals surface area contributed by atoms with E-state index in [2.05, 4.69) is 15.3 Å². The number of nitrogens with zero attached hydrogens (tertiary/aromatic N) is 2. The van der Waals surface area contributed by atoms with Crippen molar-refractivity contribution in [1.29, 1.82) is 0 Å². The third-order valence-electron chi connectivity index (χ3n) is 3.24. The number of carbonyl (C=O) groups is 1. The molecule has 2 aromatic carbocycles. The summed E-state index contributed by atoms with van der Waals surface area (Å²) in [5.74, 6) is -0.118. The molecule has 0 saturated heterocycles. The second-order valence-electron chi connectivity index (χ2n) is 4.67. The normalized spacial score (nSPS) is 10.4. The van der Waals surface area contributed by atoms with Crippen LogP contribution in [0.2, 0.25) is 0 Å². The molecule has 0 atom stereocenters. The van der Waals surface area contributed by atoms with Crippen LogP contribution in [0.25, 0.3) is 10.8 Å². The Morgan fingerprint density at radius 2 is 1.95 bits per heavy atom. The minimum atomic E-state index is -0.272. The van der Waals surface area contributed by atoms with Gasteiger partial charge in [0.2, 0.25) is 0 Å². The number of benzene rings is 2. The van der Waals surface area contributed by atoms with Crippen LogP contribution in [-0.2, 0) is 0 Å². The molecule has 3 rings (SSSR count). The molecule has 0 bridgehead atoms. The van der Waals surface area contributed by atoms with Crippen molar-refractivity contribution in [1.82, 2.24) is 9.97 Å². The number of hydrogen-bond acceptors (Lipinski definition) is 5. The Bertz CT molecular complexity index is 848. The molecule has 6 heteroatoms. The van der Waals surface area contributed by atoms with Crippen molar-refractivity contribution < 1.29 is 9.53 Å². The van der Waals surface area contributed by atoms with Gasteiger partial charge in [-0.05, 0) is 22.9 Å². The molecule has 0 saturated carbocycles. The van der Waals surface area contributed by atoms with Crippen LogP contribution >= 0.6 is 0 Å². The molecule has 0 fully saturated rings. The fourth-order valence-corrected chi connectivity index (χ4v) is 2.10. The van der Waals surface area contributed by atoms with Gasteiger partial charge in [0.25, 0.3) is 5.91 Å². The summed E-state index contributed by atoms with van der Waals surface area (Å²) in [6.07, 6.45) is 1.42. The topological polar surface area (TPSA) is 90.1 Å². The summed E-state index contributed by atoms with van der Waals surface area (Å²) >= 11 is 0. The second-order valence-corrected chi connectivity index (χ2v) is 4.67. The van der Waals surface area contributed by atoms with Gasteiger partial charge in [-0.2, -0.15) is 4.98 Å². The smallest absolute Gasteiger partial charge is 0.318 e. The summed E-state index contributed by atoms with van der Waals surface area (Å²) in [7, 11) is 1.45. The molecular weight excluding hydrogens is 280 g/mol. The number of methoxy groups -OCH3 is 1. The first-order chi connectivity index (χ1) is 10.7. The Hall–Kier alpha value is -3.15. The first-order valence-electron chi connectivity index (χ1n) is 6.64. The summed E-state index contributed by atoms with van der Waals surface area (Å²) in [5, 5.41) is 4.77. The summed E-state index contributed by atoms with van der Waals surface area (Å²) in [5.41, 5.74) is 6.65. The van der Waals surface area contributed by atoms with Crippen molar-refractivity contribution in [2.45, 2.75) is 0 Å². The van der Waals surface area contributed by atoms with Crippen LogP contribution in [0.5, 0.6) is 6.01 Å². The van der Waals surface area contributed by atoms with E-state index in [1.54, 1.807) is 6.07 Å². The number of anilines is 2. The number of amides is 1. The lowest BCUT2D eigenvalue weighted by Gasteiger charge is -2.08. The molecule has 3 aromatic rings. The average molecular weight is 294 g/mol. The molecule has 22 heavy (non-hydrogen) atoms. The van der Waals surface area contributed by atoms with Crippen molar-refractivity contribution in [2.24, 2.45) is 0 Å². The van der Waals surface area contributed by atoms with Crippen LogP contribution in [0.15, 0.2) is 48.7 Å². The fourth-order valence-electron chi connectivity index (χ4n) is 2.10. The molecule has 0 aliphatic heterocycles. The van der Waals surface area contributed by atoms with Crippen molar-refractivity contribution in [2.75, 3.05) is 18.2 Å². The average Bonchev–Trinajstić information content (AvgIpc) is 2.56. The van der Waals surface area contributed by atoms with Gasteiger partial charge in [0.05, 0.1) is 13.3 Å². The van der Waals surface area contributed by atoms with Gasteiger partial charge in [0, 0.05) is 5.56 Å². The number of ether oxygens (including phenoxy) is 1. The number of nitrogen functional groups attached to an aromatic ring is 1. The van der Waals surface area contributed by atoms with Gasteiger partial charge in [-0.25, -0.2) is 4.98 Å². The third kappa shape index (κ3) is 2.67. The Morgan fingerprint density at radius 3 is 2.68 bits per heavy atom. The molecule has 1 amide bonds. The maximum atomic E-state index is 12.3. The molecule has 0 radical (unpaired) electrons. The molecule has 1 heterocycles. The third-order valence-corrected chi connectivity index (χ3v) is 3.24. The maximum Gasteiger partial charge on any atom is 0.318 e. The lowest BCUT2D eigenvalue weighted by molar-refractivity contribution is 0.102. The lowest BCUT2D eigenvalue weighted by atomic mass is 10.1. The number of nitrogens with one attached hydrogen (secondary N) is 1. The van der Waals surface area contributed by atoms with Gasteiger partial charge in [-0.3, -0.25) is 4.79 Å². The molecule has 0 aliphatic rings. The van der Waals surface area contributed by atoms with E-state index in [9.17, 15) is 4.79 Å². The molecule has 0 unspecified atom stereocenters. The van der Waals surface area contributed by atoms with Gasteiger partial charge in [0.1, 0.15) is 5.69 Å². The Labute approximate surface area is 127 Å². The van der Waals surface area contributed by atoms with Gasteiger partial charge in [0.15, 0.2) is 5.82 Å². The maximum absolute atomic E-state index is 12.3. The van der Waals surface area contributed by atoms with Crippen LogP contribution in [0.4, 0.5) is 11.5 Å². The highest BCUT2D eigenvalue weighted by atomic mass is 16.5. The minimum absolute atomic E-state index is 0.154. The van der Waals surface area contributed by atoms with Crippen molar-refractivity contribution in [3.8, 4) is 6.01 Å². The van der Waals surface area contributed by atoms with Crippen LogP contribution in [-0.4, -0.2) is 23.0 Å². The van der Waals surface area contributed by atoms with E-state index in [-0.39, 0.29) is 17.7 Å². The molecular formula is C16H14N4O2. The van der Waals surface area contributed by atoms with E-state index in [4.69, 9.17) is 10.5 Å². The molecule has 3 N–H and O–H groups in total. The summed E-state index contributed by atoms with van der Waals surface area (Å²) in [6.45, 7) is 0. The summed E-state index contributed by atoms with van der Waals surface area (Å²) in [6, 6.07) is 13.5. The van der Waals surface area contributed by atoms with Crippen LogP contribution < -0.4 is 15.8 Å². The highest BCUT2D eigenvalue weighted by Crippen LogP contribution is 2.20. The first-order valence-corrected chi connectivity index (χ1v) is 6.64. The van der Waals surface area contributed by atoms with E-state index in [1.165, 1.54) is 13.3 Å². The Kier molecular flexibility index (Phi) is 3.57. The van der Waals surface area contributed by atoms with Gasteiger partial charge < -0.3 is 15.8 Å². The molecule has 1 aromatic heterocycles. The van der Waals surface area contributed by atoms with E-state index in [1.807, 2.05) is 36.4 Å². The largest absolute Gasteiger partial charge is 0.467 e. The van der Waals surface area contributed by atoms with Gasteiger partial charge in [-0.1, -0.05) is 30.3 Å². The van der Waals surface area contributed by atoms with Crippen LogP contribution in [0.1, 0.15) is 10.4 Å². The Balaban J connectivity index is 1.86. The zero-order chi connectivity index (χ0) is 15.5. The number of hydrogen-bond donors (Lipinski definition) is 2. The highest BCUT2D eigenvalue weighted by molar-refractivity contribution is 6.07. The van der Waals surface area contributed by atoms with Crippen LogP contribution in [0.3, 0.4) is 0 Å². The zero-order valence-corrected chi connectivity index (χ0v) is 11.9. The predicted molar refractivity (Wildman–Crippen MR) is 84.9 cm³/mol. The summed E-state index contributed by atoms with van der Waals surface area (Å²) < 4.78 is 4.87. The molecule has 0 spiro atoms. The van der Waals surface area contributed by atoms with E-state index >= 15 is 0 Å². The number of rotatable bonds is 3. The number of carbonyl (C=O) groups excluding carboxylic acids is 1. The first kappa shape index (κ1) is 13.8.